The maximum atomic E-state index is 13.7. The van der Waals surface area contributed by atoms with Crippen molar-refractivity contribution in [3.05, 3.63) is 63.7 Å². The smallest absolute Gasteiger partial charge is 0.335 e. The first-order chi connectivity index (χ1) is 9.40. The van der Waals surface area contributed by atoms with E-state index in [9.17, 15) is 23.7 Å². The highest BCUT2D eigenvalue weighted by atomic mass is 19.1. The fraction of sp³-hybridized carbons (Fsp3) is 0. The van der Waals surface area contributed by atoms with E-state index in [2.05, 4.69) is 0 Å². The molecule has 0 aliphatic carbocycles. The van der Waals surface area contributed by atoms with E-state index in [0.29, 0.717) is 0 Å². The standard InChI is InChI=1S/C13H7F2NO4/c14-8-2-4-11(15)10(6-8)9-3-1-7(13(17)18)5-12(9)16(19)20/h1-6H,(H,17,18). The van der Waals surface area contributed by atoms with Gasteiger partial charge >= 0.3 is 5.97 Å². The summed E-state index contributed by atoms with van der Waals surface area (Å²) >= 11 is 0. The molecule has 102 valence electrons. The Hall–Kier alpha value is -2.83. The molecule has 0 bridgehead atoms. The van der Waals surface area contributed by atoms with Crippen LogP contribution in [0.4, 0.5) is 14.5 Å². The molecule has 7 heteroatoms. The van der Waals surface area contributed by atoms with E-state index in [4.69, 9.17) is 5.11 Å². The number of carbonyl (C=O) groups is 1. The Morgan fingerprint density at radius 3 is 2.40 bits per heavy atom. The van der Waals surface area contributed by atoms with Gasteiger partial charge in [0.05, 0.1) is 16.1 Å². The molecule has 20 heavy (non-hydrogen) atoms. The molecule has 2 rings (SSSR count). The summed E-state index contributed by atoms with van der Waals surface area (Å²) < 4.78 is 26.8. The maximum absolute atomic E-state index is 13.7. The Kier molecular flexibility index (Phi) is 3.43. The molecule has 0 aliphatic heterocycles. The van der Waals surface area contributed by atoms with Crippen LogP contribution in [0.5, 0.6) is 0 Å². The van der Waals surface area contributed by atoms with Crippen LogP contribution in [0.15, 0.2) is 36.4 Å². The van der Waals surface area contributed by atoms with E-state index < -0.39 is 28.2 Å². The normalized spacial score (nSPS) is 10.3. The van der Waals surface area contributed by atoms with Gasteiger partial charge in [0.25, 0.3) is 5.69 Å². The van der Waals surface area contributed by atoms with Gasteiger partial charge in [0.2, 0.25) is 0 Å². The van der Waals surface area contributed by atoms with Crippen molar-refractivity contribution in [3.8, 4) is 11.1 Å². The summed E-state index contributed by atoms with van der Waals surface area (Å²) in [4.78, 5) is 20.9. The topological polar surface area (TPSA) is 80.4 Å². The number of nitrogens with zero attached hydrogens (tertiary/aromatic N) is 1. The summed E-state index contributed by atoms with van der Waals surface area (Å²) in [5.41, 5.74) is -1.39. The van der Waals surface area contributed by atoms with E-state index >= 15 is 0 Å². The second-order valence-corrected chi connectivity index (χ2v) is 3.92. The van der Waals surface area contributed by atoms with Gasteiger partial charge in [-0.2, -0.15) is 0 Å². The van der Waals surface area contributed by atoms with E-state index in [-0.39, 0.29) is 16.7 Å². The van der Waals surface area contributed by atoms with Gasteiger partial charge in [-0.05, 0) is 30.3 Å². The largest absolute Gasteiger partial charge is 0.478 e. The lowest BCUT2D eigenvalue weighted by atomic mass is 10.0. The lowest BCUT2D eigenvalue weighted by Crippen LogP contribution is -2.00. The number of aromatic carboxylic acids is 1. The molecule has 0 aromatic heterocycles. The Morgan fingerprint density at radius 2 is 1.80 bits per heavy atom. The van der Waals surface area contributed by atoms with Gasteiger partial charge in [0, 0.05) is 11.6 Å². The predicted molar refractivity (Wildman–Crippen MR) is 65.4 cm³/mol. The minimum absolute atomic E-state index is 0.183. The first-order valence-electron chi connectivity index (χ1n) is 5.37. The van der Waals surface area contributed by atoms with Gasteiger partial charge in [0.1, 0.15) is 11.6 Å². The van der Waals surface area contributed by atoms with Crippen molar-refractivity contribution in [2.45, 2.75) is 0 Å². The minimum Gasteiger partial charge on any atom is -0.478 e. The molecule has 2 aromatic carbocycles. The van der Waals surface area contributed by atoms with Gasteiger partial charge in [0.15, 0.2) is 0 Å². The van der Waals surface area contributed by atoms with Crippen LogP contribution in [0.2, 0.25) is 0 Å². The summed E-state index contributed by atoms with van der Waals surface area (Å²) in [7, 11) is 0. The summed E-state index contributed by atoms with van der Waals surface area (Å²) in [5.74, 6) is -2.94. The molecule has 0 aliphatic rings. The number of hydrogen-bond donors (Lipinski definition) is 1. The van der Waals surface area contributed by atoms with Crippen molar-refractivity contribution < 1.29 is 23.6 Å². The Labute approximate surface area is 111 Å². The van der Waals surface area contributed by atoms with Gasteiger partial charge in [-0.1, -0.05) is 0 Å². The molecule has 0 radical (unpaired) electrons. The van der Waals surface area contributed by atoms with Gasteiger partial charge < -0.3 is 5.11 Å². The molecule has 0 atom stereocenters. The van der Waals surface area contributed by atoms with Crippen molar-refractivity contribution >= 4 is 11.7 Å². The molecule has 0 unspecified atom stereocenters. The number of carboxylic acids is 1. The molecule has 0 saturated heterocycles. The maximum Gasteiger partial charge on any atom is 0.335 e. The van der Waals surface area contributed by atoms with Crippen LogP contribution in [0.3, 0.4) is 0 Å². The molecule has 5 nitrogen and oxygen atoms in total. The zero-order valence-corrected chi connectivity index (χ0v) is 9.84. The van der Waals surface area contributed by atoms with Gasteiger partial charge in [-0.25, -0.2) is 13.6 Å². The fourth-order valence-electron chi connectivity index (χ4n) is 1.75. The molecule has 0 spiro atoms. The third-order valence-electron chi connectivity index (χ3n) is 2.66. The SMILES string of the molecule is O=C(O)c1ccc(-c2cc(F)ccc2F)c([N+](=O)[O-])c1. The van der Waals surface area contributed by atoms with Gasteiger partial charge in [-0.15, -0.1) is 0 Å². The lowest BCUT2D eigenvalue weighted by molar-refractivity contribution is -0.384. The number of rotatable bonds is 3. The summed E-state index contributed by atoms with van der Waals surface area (Å²) in [6.45, 7) is 0. The van der Waals surface area contributed by atoms with E-state index in [1.54, 1.807) is 0 Å². The Balaban J connectivity index is 2.70. The van der Waals surface area contributed by atoms with Crippen LogP contribution in [0.1, 0.15) is 10.4 Å². The molecular weight excluding hydrogens is 272 g/mol. The van der Waals surface area contributed by atoms with E-state index in [1.807, 2.05) is 0 Å². The molecule has 1 N–H and O–H groups in total. The Bertz CT molecular complexity index is 716. The zero-order chi connectivity index (χ0) is 14.9. The number of nitro benzene ring substituents is 1. The van der Waals surface area contributed by atoms with Crippen LogP contribution < -0.4 is 0 Å². The third kappa shape index (κ3) is 2.46. The van der Waals surface area contributed by atoms with Crippen LogP contribution in [-0.2, 0) is 0 Å². The number of halogens is 2. The molecular formula is C13H7F2NO4. The number of carboxylic acid groups (broad SMARTS) is 1. The Morgan fingerprint density at radius 1 is 1.10 bits per heavy atom. The number of benzene rings is 2. The van der Waals surface area contributed by atoms with Crippen LogP contribution in [0, 0.1) is 21.7 Å². The quantitative estimate of drug-likeness (QED) is 0.690. The summed E-state index contributed by atoms with van der Waals surface area (Å²) in [5, 5.41) is 19.8. The van der Waals surface area contributed by atoms with Crippen LogP contribution >= 0.6 is 0 Å². The van der Waals surface area contributed by atoms with Crippen molar-refractivity contribution in [2.75, 3.05) is 0 Å². The molecule has 0 saturated carbocycles. The van der Waals surface area contributed by atoms with E-state index in [1.165, 1.54) is 0 Å². The lowest BCUT2D eigenvalue weighted by Gasteiger charge is -2.06. The highest BCUT2D eigenvalue weighted by molar-refractivity contribution is 5.90. The second kappa shape index (κ2) is 5.04. The molecule has 0 amide bonds. The second-order valence-electron chi connectivity index (χ2n) is 3.92. The first-order valence-corrected chi connectivity index (χ1v) is 5.37. The molecule has 0 fully saturated rings. The van der Waals surface area contributed by atoms with Crippen molar-refractivity contribution in [1.82, 2.24) is 0 Å². The van der Waals surface area contributed by atoms with Crippen LogP contribution in [-0.4, -0.2) is 16.0 Å². The zero-order valence-electron chi connectivity index (χ0n) is 9.84. The van der Waals surface area contributed by atoms with Crippen molar-refractivity contribution in [3.63, 3.8) is 0 Å². The first kappa shape index (κ1) is 13.6. The number of hydrogen-bond acceptors (Lipinski definition) is 3. The van der Waals surface area contributed by atoms with Crippen molar-refractivity contribution in [2.24, 2.45) is 0 Å². The average molecular weight is 279 g/mol. The monoisotopic (exact) mass is 279 g/mol. The highest BCUT2D eigenvalue weighted by Gasteiger charge is 2.21. The summed E-state index contributed by atoms with van der Waals surface area (Å²) in [6, 6.07) is 5.53. The summed E-state index contributed by atoms with van der Waals surface area (Å²) in [6.07, 6.45) is 0. The third-order valence-corrected chi connectivity index (χ3v) is 2.66. The fourth-order valence-corrected chi connectivity index (χ4v) is 1.75. The van der Waals surface area contributed by atoms with Crippen LogP contribution in [0.25, 0.3) is 11.1 Å². The molecule has 0 heterocycles. The minimum atomic E-state index is -1.35. The number of nitro groups is 1. The van der Waals surface area contributed by atoms with E-state index in [0.717, 1.165) is 36.4 Å². The molecule has 2 aromatic rings. The predicted octanol–water partition coefficient (Wildman–Crippen LogP) is 3.24. The average Bonchev–Trinajstić information content (AvgIpc) is 2.40. The van der Waals surface area contributed by atoms with Gasteiger partial charge in [-0.3, -0.25) is 10.1 Å². The van der Waals surface area contributed by atoms with Crippen molar-refractivity contribution in [1.29, 1.82) is 0 Å². The highest BCUT2D eigenvalue weighted by Crippen LogP contribution is 2.32.